The van der Waals surface area contributed by atoms with Gasteiger partial charge in [-0.05, 0) is 34.6 Å². The van der Waals surface area contributed by atoms with E-state index in [0.29, 0.717) is 6.42 Å². The summed E-state index contributed by atoms with van der Waals surface area (Å²) in [6.45, 7) is 9.15. The minimum absolute atomic E-state index is 0.212. The van der Waals surface area contributed by atoms with Gasteiger partial charge in [-0.3, -0.25) is 4.79 Å². The van der Waals surface area contributed by atoms with Crippen LogP contribution in [0, 0.1) is 0 Å². The third-order valence-corrected chi connectivity index (χ3v) is 2.40. The van der Waals surface area contributed by atoms with E-state index in [1.54, 1.807) is 21.0 Å². The van der Waals surface area contributed by atoms with Gasteiger partial charge in [-0.1, -0.05) is 0 Å². The summed E-state index contributed by atoms with van der Waals surface area (Å²) in [6, 6.07) is 0. The molecule has 0 saturated carbocycles. The quantitative estimate of drug-likeness (QED) is 0.728. The van der Waals surface area contributed by atoms with Crippen LogP contribution in [-0.2, 0) is 23.7 Å². The Morgan fingerprint density at radius 3 is 2.44 bits per heavy atom. The Labute approximate surface area is 109 Å². The molecule has 0 N–H and O–H groups in total. The SMILES string of the molecule is COC1C[C@H](CC(=O)OC(C)(C)C)OC(C)(C)O1. The number of carbonyl (C=O) groups excluding carboxylic acids is 1. The van der Waals surface area contributed by atoms with Crippen molar-refractivity contribution in [2.24, 2.45) is 0 Å². The smallest absolute Gasteiger partial charge is 0.308 e. The molecule has 1 rings (SSSR count). The van der Waals surface area contributed by atoms with E-state index in [2.05, 4.69) is 0 Å². The molecule has 1 saturated heterocycles. The maximum absolute atomic E-state index is 11.7. The Morgan fingerprint density at radius 1 is 1.33 bits per heavy atom. The first-order valence-electron chi connectivity index (χ1n) is 6.21. The van der Waals surface area contributed by atoms with Gasteiger partial charge in [-0.25, -0.2) is 0 Å². The van der Waals surface area contributed by atoms with E-state index >= 15 is 0 Å². The van der Waals surface area contributed by atoms with Crippen LogP contribution in [-0.4, -0.2) is 36.9 Å². The fourth-order valence-corrected chi connectivity index (χ4v) is 1.89. The maximum Gasteiger partial charge on any atom is 0.308 e. The summed E-state index contributed by atoms with van der Waals surface area (Å²) < 4.78 is 21.7. The van der Waals surface area contributed by atoms with Gasteiger partial charge >= 0.3 is 5.97 Å². The fourth-order valence-electron chi connectivity index (χ4n) is 1.89. The summed E-state index contributed by atoms with van der Waals surface area (Å²) in [4.78, 5) is 11.7. The van der Waals surface area contributed by atoms with E-state index in [9.17, 15) is 4.79 Å². The van der Waals surface area contributed by atoms with Crippen molar-refractivity contribution in [2.45, 2.75) is 71.2 Å². The zero-order valence-corrected chi connectivity index (χ0v) is 12.1. The summed E-state index contributed by atoms with van der Waals surface area (Å²) in [5.74, 6) is -1.01. The molecule has 1 heterocycles. The van der Waals surface area contributed by atoms with E-state index in [4.69, 9.17) is 18.9 Å². The first-order chi connectivity index (χ1) is 8.11. The van der Waals surface area contributed by atoms with Crippen molar-refractivity contribution in [1.29, 1.82) is 0 Å². The van der Waals surface area contributed by atoms with Crippen LogP contribution < -0.4 is 0 Å². The molecule has 0 aliphatic carbocycles. The highest BCUT2D eigenvalue weighted by Gasteiger charge is 2.37. The van der Waals surface area contributed by atoms with Crippen LogP contribution in [0.3, 0.4) is 0 Å². The van der Waals surface area contributed by atoms with Gasteiger partial charge in [0.2, 0.25) is 0 Å². The van der Waals surface area contributed by atoms with E-state index in [-0.39, 0.29) is 24.8 Å². The highest BCUT2D eigenvalue weighted by molar-refractivity contribution is 5.70. The van der Waals surface area contributed by atoms with Crippen LogP contribution in [0.25, 0.3) is 0 Å². The first-order valence-corrected chi connectivity index (χ1v) is 6.21. The van der Waals surface area contributed by atoms with Gasteiger partial charge in [0.1, 0.15) is 5.60 Å². The number of carbonyl (C=O) groups is 1. The largest absolute Gasteiger partial charge is 0.460 e. The van der Waals surface area contributed by atoms with Crippen LogP contribution in [0.4, 0.5) is 0 Å². The summed E-state index contributed by atoms with van der Waals surface area (Å²) in [5, 5.41) is 0. The second-order valence-corrected chi connectivity index (χ2v) is 5.95. The number of esters is 1. The average Bonchev–Trinajstić information content (AvgIpc) is 2.11. The molecule has 18 heavy (non-hydrogen) atoms. The highest BCUT2D eigenvalue weighted by Crippen LogP contribution is 2.29. The number of methoxy groups -OCH3 is 1. The fraction of sp³-hybridized carbons (Fsp3) is 0.923. The van der Waals surface area contributed by atoms with Crippen LogP contribution in [0.2, 0.25) is 0 Å². The molecule has 0 radical (unpaired) electrons. The van der Waals surface area contributed by atoms with Crippen molar-refractivity contribution in [2.75, 3.05) is 7.11 Å². The van der Waals surface area contributed by atoms with Gasteiger partial charge < -0.3 is 18.9 Å². The molecule has 5 nitrogen and oxygen atoms in total. The molecular formula is C13H24O5. The molecular weight excluding hydrogens is 236 g/mol. The Balaban J connectivity index is 2.53. The summed E-state index contributed by atoms with van der Waals surface area (Å²) in [7, 11) is 1.58. The Hall–Kier alpha value is -0.650. The van der Waals surface area contributed by atoms with Crippen molar-refractivity contribution in [3.63, 3.8) is 0 Å². The molecule has 1 fully saturated rings. The predicted octanol–water partition coefficient (Wildman–Crippen LogP) is 2.23. The molecule has 1 aliphatic rings. The van der Waals surface area contributed by atoms with Gasteiger partial charge in [-0.15, -0.1) is 0 Å². The Kier molecular flexibility index (Phi) is 4.75. The van der Waals surface area contributed by atoms with Gasteiger partial charge in [0.15, 0.2) is 12.1 Å². The Morgan fingerprint density at radius 2 is 1.94 bits per heavy atom. The van der Waals surface area contributed by atoms with Crippen LogP contribution >= 0.6 is 0 Å². The molecule has 0 aromatic heterocycles. The standard InChI is InChI=1S/C13H24O5/c1-12(2,3)17-10(14)7-9-8-11(15-6)18-13(4,5)16-9/h9,11H,7-8H2,1-6H3/t9-,11?/m0/s1. The molecule has 0 aromatic rings. The van der Waals surface area contributed by atoms with Crippen molar-refractivity contribution in [3.05, 3.63) is 0 Å². The number of hydrogen-bond donors (Lipinski definition) is 0. The zero-order chi connectivity index (χ0) is 14.0. The molecule has 106 valence electrons. The molecule has 0 bridgehead atoms. The molecule has 0 spiro atoms. The summed E-state index contributed by atoms with van der Waals surface area (Å²) in [6.07, 6.45) is 0.151. The zero-order valence-electron chi connectivity index (χ0n) is 12.1. The molecule has 1 aliphatic heterocycles. The maximum atomic E-state index is 11.7. The second-order valence-electron chi connectivity index (χ2n) is 5.95. The minimum Gasteiger partial charge on any atom is -0.460 e. The monoisotopic (exact) mass is 260 g/mol. The van der Waals surface area contributed by atoms with Crippen LogP contribution in [0.1, 0.15) is 47.5 Å². The number of rotatable bonds is 3. The molecule has 1 unspecified atom stereocenters. The van der Waals surface area contributed by atoms with Crippen molar-refractivity contribution >= 4 is 5.97 Å². The van der Waals surface area contributed by atoms with E-state index < -0.39 is 11.4 Å². The summed E-state index contributed by atoms with van der Waals surface area (Å²) >= 11 is 0. The average molecular weight is 260 g/mol. The Bertz CT molecular complexity index is 292. The molecule has 2 atom stereocenters. The number of hydrogen-bond acceptors (Lipinski definition) is 5. The van der Waals surface area contributed by atoms with Gasteiger partial charge in [0, 0.05) is 13.5 Å². The van der Waals surface area contributed by atoms with Crippen molar-refractivity contribution < 1.29 is 23.7 Å². The molecule has 0 aromatic carbocycles. The van der Waals surface area contributed by atoms with Gasteiger partial charge in [-0.2, -0.15) is 0 Å². The van der Waals surface area contributed by atoms with E-state index in [0.717, 1.165) is 0 Å². The highest BCUT2D eigenvalue weighted by atomic mass is 16.8. The van der Waals surface area contributed by atoms with Crippen molar-refractivity contribution in [3.8, 4) is 0 Å². The second kappa shape index (κ2) is 5.55. The summed E-state index contributed by atoms with van der Waals surface area (Å²) in [5.41, 5.74) is -0.474. The normalized spacial score (nSPS) is 27.9. The van der Waals surface area contributed by atoms with Gasteiger partial charge in [0.05, 0.1) is 12.5 Å². The van der Waals surface area contributed by atoms with Crippen LogP contribution in [0.15, 0.2) is 0 Å². The minimum atomic E-state index is -0.744. The van der Waals surface area contributed by atoms with Crippen LogP contribution in [0.5, 0.6) is 0 Å². The van der Waals surface area contributed by atoms with E-state index in [1.165, 1.54) is 0 Å². The van der Waals surface area contributed by atoms with Gasteiger partial charge in [0.25, 0.3) is 0 Å². The lowest BCUT2D eigenvalue weighted by molar-refractivity contribution is -0.346. The lowest BCUT2D eigenvalue weighted by atomic mass is 10.1. The number of ether oxygens (including phenoxy) is 4. The van der Waals surface area contributed by atoms with E-state index in [1.807, 2.05) is 20.8 Å². The topological polar surface area (TPSA) is 54.0 Å². The predicted molar refractivity (Wildman–Crippen MR) is 65.9 cm³/mol. The first kappa shape index (κ1) is 15.4. The third kappa shape index (κ3) is 5.33. The lowest BCUT2D eigenvalue weighted by Gasteiger charge is -2.39. The van der Waals surface area contributed by atoms with Crippen molar-refractivity contribution in [1.82, 2.24) is 0 Å². The molecule has 0 amide bonds. The lowest BCUT2D eigenvalue weighted by Crippen LogP contribution is -2.46. The third-order valence-electron chi connectivity index (χ3n) is 2.40. The molecule has 5 heteroatoms.